The van der Waals surface area contributed by atoms with Crippen molar-refractivity contribution >= 4 is 46.1 Å². The second kappa shape index (κ2) is 12.8. The smallest absolute Gasteiger partial charge is 0.246 e. The second-order valence-corrected chi connectivity index (χ2v) is 12.1. The van der Waals surface area contributed by atoms with Gasteiger partial charge in [-0.25, -0.2) is 16.0 Å². The van der Waals surface area contributed by atoms with Crippen molar-refractivity contribution in [3.8, 4) is 6.07 Å². The lowest BCUT2D eigenvalue weighted by Gasteiger charge is -2.44. The molecular formula is C34H33ClFN7O2. The topological polar surface area (TPSA) is 88.9 Å². The van der Waals surface area contributed by atoms with Crippen LogP contribution in [0.25, 0.3) is 21.3 Å². The highest BCUT2D eigenvalue weighted by Gasteiger charge is 2.44. The zero-order valence-corrected chi connectivity index (χ0v) is 25.8. The first kappa shape index (κ1) is 30.5. The first-order chi connectivity index (χ1) is 21.9. The van der Waals surface area contributed by atoms with Crippen molar-refractivity contribution in [2.75, 3.05) is 46.4 Å². The molecule has 45 heavy (non-hydrogen) atoms. The van der Waals surface area contributed by atoms with Crippen LogP contribution in [0.3, 0.4) is 0 Å². The lowest BCUT2D eigenvalue weighted by atomic mass is 9.85. The Morgan fingerprint density at radius 1 is 1.27 bits per heavy atom. The van der Waals surface area contributed by atoms with Gasteiger partial charge in [0.1, 0.15) is 36.0 Å². The number of piperazine rings is 1. The number of benzene rings is 2. The molecule has 4 aliphatic rings. The number of fused-ring (bicyclic) bond motifs is 2. The van der Waals surface area contributed by atoms with Gasteiger partial charge in [-0.1, -0.05) is 48.5 Å². The van der Waals surface area contributed by atoms with Gasteiger partial charge in [-0.3, -0.25) is 9.79 Å². The fourth-order valence-corrected chi connectivity index (χ4v) is 7.09. The fraction of sp³-hybridized carbons (Fsp3) is 0.382. The molecule has 0 saturated carbocycles. The number of hydrogen-bond acceptors (Lipinski definition) is 7. The number of rotatable bonds is 6. The van der Waals surface area contributed by atoms with E-state index in [1.807, 2.05) is 36.2 Å². The molecule has 0 bridgehead atoms. The summed E-state index contributed by atoms with van der Waals surface area (Å²) in [7, 11) is 2.04. The Hall–Kier alpha value is -4.51. The first-order valence-electron chi connectivity index (χ1n) is 15.0. The van der Waals surface area contributed by atoms with Crippen LogP contribution in [0.15, 0.2) is 76.1 Å². The van der Waals surface area contributed by atoms with E-state index in [-0.39, 0.29) is 42.2 Å². The van der Waals surface area contributed by atoms with E-state index < -0.39 is 23.8 Å². The number of likely N-dealkylation sites (N-methyl/N-ethyl adjacent to an activating group) is 1. The Morgan fingerprint density at radius 2 is 2.07 bits per heavy atom. The molecular weight excluding hydrogens is 593 g/mol. The summed E-state index contributed by atoms with van der Waals surface area (Å²) in [6.45, 7) is 13.4. The second-order valence-electron chi connectivity index (χ2n) is 11.7. The summed E-state index contributed by atoms with van der Waals surface area (Å²) in [5.41, 5.74) is 1.46. The van der Waals surface area contributed by atoms with Crippen molar-refractivity contribution in [2.45, 2.75) is 31.0 Å². The maximum absolute atomic E-state index is 16.8. The van der Waals surface area contributed by atoms with Gasteiger partial charge in [0, 0.05) is 53.6 Å². The van der Waals surface area contributed by atoms with E-state index in [4.69, 9.17) is 27.9 Å². The molecule has 11 heteroatoms. The predicted molar refractivity (Wildman–Crippen MR) is 173 cm³/mol. The molecule has 4 atom stereocenters. The normalized spacial score (nSPS) is 25.1. The van der Waals surface area contributed by atoms with Crippen LogP contribution < -0.4 is 0 Å². The Labute approximate surface area is 267 Å². The summed E-state index contributed by atoms with van der Waals surface area (Å²) in [4.78, 5) is 31.4. The Kier molecular flexibility index (Phi) is 8.71. The molecule has 0 spiro atoms. The molecule has 2 unspecified atom stereocenters. The number of halogens is 2. The molecule has 4 heterocycles. The average molecular weight is 626 g/mol. The van der Waals surface area contributed by atoms with Gasteiger partial charge in [0.05, 0.1) is 5.92 Å². The molecule has 2 aromatic carbocycles. The minimum Gasteiger partial charge on any atom is -0.475 e. The van der Waals surface area contributed by atoms with Gasteiger partial charge in [0.25, 0.3) is 0 Å². The average Bonchev–Trinajstić information content (AvgIpc) is 3.47. The van der Waals surface area contributed by atoms with Gasteiger partial charge < -0.3 is 24.3 Å². The van der Waals surface area contributed by atoms with E-state index in [2.05, 4.69) is 27.4 Å². The lowest BCUT2D eigenvalue weighted by molar-refractivity contribution is -0.130. The highest BCUT2D eigenvalue weighted by molar-refractivity contribution is 6.36. The quantitative estimate of drug-likeness (QED) is 0.329. The number of nitrogens with zero attached hydrogens (tertiary/aromatic N) is 7. The molecule has 6 rings (SSSR count). The molecule has 2 fully saturated rings. The monoisotopic (exact) mass is 625 g/mol. The molecule has 0 aromatic heterocycles. The number of carbonyl (C=O) groups is 1. The maximum Gasteiger partial charge on any atom is 0.246 e. The summed E-state index contributed by atoms with van der Waals surface area (Å²) < 4.78 is 23.1. The van der Waals surface area contributed by atoms with Crippen molar-refractivity contribution in [1.82, 2.24) is 14.7 Å². The van der Waals surface area contributed by atoms with Gasteiger partial charge in [0.2, 0.25) is 18.3 Å². The molecule has 1 amide bonds. The van der Waals surface area contributed by atoms with Gasteiger partial charge in [-0.15, -0.1) is 0 Å². The van der Waals surface area contributed by atoms with Crippen LogP contribution in [-0.4, -0.2) is 97.2 Å². The largest absolute Gasteiger partial charge is 0.475 e. The van der Waals surface area contributed by atoms with Gasteiger partial charge >= 0.3 is 0 Å². The molecule has 2 saturated heterocycles. The third-order valence-corrected chi connectivity index (χ3v) is 9.44. The van der Waals surface area contributed by atoms with E-state index in [9.17, 15) is 10.1 Å². The number of amides is 1. The minimum absolute atomic E-state index is 0.0825. The Morgan fingerprint density at radius 3 is 2.78 bits per heavy atom. The Bertz CT molecular complexity index is 1750. The van der Waals surface area contributed by atoms with Crippen molar-refractivity contribution in [3.63, 3.8) is 0 Å². The van der Waals surface area contributed by atoms with Crippen LogP contribution in [0.2, 0.25) is 5.02 Å². The van der Waals surface area contributed by atoms with Crippen molar-refractivity contribution in [3.05, 3.63) is 88.2 Å². The number of dihydropyridines is 1. The van der Waals surface area contributed by atoms with Crippen LogP contribution >= 0.6 is 11.6 Å². The summed E-state index contributed by atoms with van der Waals surface area (Å²) in [5, 5.41) is 12.5. The highest BCUT2D eigenvalue weighted by atomic mass is 35.5. The SMILES string of the molecule is [C-]#[N+]C[C@H]1CN(C2=C(C#N)C(OC[C@@H]3CCCN3C)=NC3C(F)=C(c4cccc5cccc(Cl)c45)N=CC23)CCN1C(=O)C=C. The van der Waals surface area contributed by atoms with E-state index in [1.54, 1.807) is 23.2 Å². The molecule has 0 radical (unpaired) electrons. The van der Waals surface area contributed by atoms with E-state index in [1.165, 1.54) is 6.08 Å². The van der Waals surface area contributed by atoms with Crippen molar-refractivity contribution < 1.29 is 13.9 Å². The summed E-state index contributed by atoms with van der Waals surface area (Å²) in [6.07, 6.45) is 4.91. The number of likely N-dealkylation sites (tertiary alicyclic amines) is 1. The number of carbonyl (C=O) groups excluding carboxylic acids is 1. The van der Waals surface area contributed by atoms with Crippen molar-refractivity contribution in [1.29, 1.82) is 5.26 Å². The van der Waals surface area contributed by atoms with Gasteiger partial charge in [-0.2, -0.15) is 5.26 Å². The predicted octanol–water partition coefficient (Wildman–Crippen LogP) is 5.12. The van der Waals surface area contributed by atoms with Crippen LogP contribution in [0.5, 0.6) is 0 Å². The third-order valence-electron chi connectivity index (χ3n) is 9.12. The van der Waals surface area contributed by atoms with E-state index in [0.29, 0.717) is 41.4 Å². The molecule has 230 valence electrons. The molecule has 9 nitrogen and oxygen atoms in total. The minimum atomic E-state index is -1.02. The molecule has 0 aliphatic carbocycles. The van der Waals surface area contributed by atoms with Crippen LogP contribution in [0.1, 0.15) is 18.4 Å². The van der Waals surface area contributed by atoms with Crippen molar-refractivity contribution in [2.24, 2.45) is 15.9 Å². The summed E-state index contributed by atoms with van der Waals surface area (Å²) in [5.74, 6) is -1.38. The zero-order chi connectivity index (χ0) is 31.7. The first-order valence-corrected chi connectivity index (χ1v) is 15.4. The van der Waals surface area contributed by atoms with Gasteiger partial charge in [0.15, 0.2) is 5.83 Å². The van der Waals surface area contributed by atoms with Crippen LogP contribution in [-0.2, 0) is 9.53 Å². The molecule has 2 aromatic rings. The number of hydrogen-bond donors (Lipinski definition) is 0. The summed E-state index contributed by atoms with van der Waals surface area (Å²) in [6, 6.07) is 12.1. The third kappa shape index (κ3) is 5.61. The fourth-order valence-electron chi connectivity index (χ4n) is 6.80. The van der Waals surface area contributed by atoms with Crippen LogP contribution in [0.4, 0.5) is 4.39 Å². The maximum atomic E-state index is 16.8. The van der Waals surface area contributed by atoms with E-state index >= 15 is 4.39 Å². The molecule has 0 N–H and O–H groups in total. The number of nitriles is 1. The lowest BCUT2D eigenvalue weighted by Crippen LogP contribution is -2.57. The number of aliphatic imine (C=N–C) groups is 2. The van der Waals surface area contributed by atoms with Crippen LogP contribution in [0, 0.1) is 23.8 Å². The van der Waals surface area contributed by atoms with Gasteiger partial charge in [-0.05, 0) is 44.0 Å². The summed E-state index contributed by atoms with van der Waals surface area (Å²) >= 11 is 6.60. The standard InChI is InChI=1S/C34H33ClFN7O2/c1-4-28(44)43-15-14-42(19-23(43)17-38-2)33-25(16-37)34(45-20-22-10-7-13-41(22)3)40-32-26(33)18-39-31(30(32)36)24-11-5-8-21-9-6-12-27(35)29(21)24/h4-6,8-9,11-12,18,22-23,26,32H,1,7,10,13-15,17,19-20H2,3H3/t22-,23-,26?,32?/m0/s1. The highest BCUT2D eigenvalue weighted by Crippen LogP contribution is 2.42. The molecule has 4 aliphatic heterocycles. The van der Waals surface area contributed by atoms with E-state index in [0.717, 1.165) is 24.8 Å². The Balaban J connectivity index is 1.43. The zero-order valence-electron chi connectivity index (χ0n) is 25.0. The number of ether oxygens (including phenoxy) is 1.